The number of rotatable bonds is 5. The van der Waals surface area contributed by atoms with E-state index in [2.05, 4.69) is 15.8 Å². The van der Waals surface area contributed by atoms with Crippen LogP contribution < -0.4 is 21.0 Å². The van der Waals surface area contributed by atoms with Crippen LogP contribution in [-0.2, 0) is 7.05 Å². The Balaban J connectivity index is 1.74. The molecule has 3 aromatic rings. The van der Waals surface area contributed by atoms with E-state index in [0.717, 1.165) is 22.7 Å². The largest absolute Gasteiger partial charge is 0.497 e. The van der Waals surface area contributed by atoms with Gasteiger partial charge in [0.25, 0.3) is 5.56 Å². The third-order valence-electron chi connectivity index (χ3n) is 4.27. The first-order valence-corrected chi connectivity index (χ1v) is 9.00. The highest BCUT2D eigenvalue weighted by molar-refractivity contribution is 7.80. The van der Waals surface area contributed by atoms with Gasteiger partial charge in [-0.05, 0) is 49.0 Å². The molecule has 0 fully saturated rings. The van der Waals surface area contributed by atoms with Gasteiger partial charge in [-0.3, -0.25) is 14.9 Å². The number of thiocarbonyl (C=S) groups is 1. The second-order valence-corrected chi connectivity index (χ2v) is 6.45. The SMILES string of the molecule is COc1cccc(C=NNC(=S)Nc2c(C)n(C)n(-c3ccccc3)c2=O)c1. The first-order valence-electron chi connectivity index (χ1n) is 8.59. The van der Waals surface area contributed by atoms with Crippen molar-refractivity contribution in [2.24, 2.45) is 12.1 Å². The number of hydrogen-bond donors (Lipinski definition) is 2. The van der Waals surface area contributed by atoms with E-state index in [1.165, 1.54) is 0 Å². The topological polar surface area (TPSA) is 72.6 Å². The molecule has 28 heavy (non-hydrogen) atoms. The molecule has 0 bridgehead atoms. The van der Waals surface area contributed by atoms with Crippen LogP contribution in [0.3, 0.4) is 0 Å². The molecule has 0 aliphatic heterocycles. The highest BCUT2D eigenvalue weighted by Gasteiger charge is 2.16. The maximum absolute atomic E-state index is 12.9. The number of hydrazone groups is 1. The maximum atomic E-state index is 12.9. The van der Waals surface area contributed by atoms with Gasteiger partial charge in [0.15, 0.2) is 5.11 Å². The van der Waals surface area contributed by atoms with E-state index in [9.17, 15) is 4.79 Å². The number of methoxy groups -OCH3 is 1. The number of hydrogen-bond acceptors (Lipinski definition) is 4. The molecule has 0 aliphatic carbocycles. The summed E-state index contributed by atoms with van der Waals surface area (Å²) in [5, 5.41) is 7.28. The minimum atomic E-state index is -0.188. The Bertz CT molecular complexity index is 1070. The van der Waals surface area contributed by atoms with Gasteiger partial charge in [-0.25, -0.2) is 4.68 Å². The summed E-state index contributed by atoms with van der Waals surface area (Å²) in [6, 6.07) is 16.9. The normalized spacial score (nSPS) is 10.8. The molecule has 0 spiro atoms. The van der Waals surface area contributed by atoms with Crippen molar-refractivity contribution < 1.29 is 4.74 Å². The van der Waals surface area contributed by atoms with Crippen LogP contribution in [0.5, 0.6) is 5.75 Å². The molecule has 0 saturated carbocycles. The second kappa shape index (κ2) is 8.53. The van der Waals surface area contributed by atoms with Crippen LogP contribution in [0.1, 0.15) is 11.3 Å². The molecule has 144 valence electrons. The molecule has 7 nitrogen and oxygen atoms in total. The van der Waals surface area contributed by atoms with Gasteiger partial charge in [0.1, 0.15) is 11.4 Å². The minimum Gasteiger partial charge on any atom is -0.497 e. The summed E-state index contributed by atoms with van der Waals surface area (Å²) in [4.78, 5) is 12.9. The minimum absolute atomic E-state index is 0.188. The zero-order valence-electron chi connectivity index (χ0n) is 15.8. The molecule has 0 saturated heterocycles. The number of nitrogens with zero attached hydrogens (tertiary/aromatic N) is 3. The van der Waals surface area contributed by atoms with Crippen molar-refractivity contribution in [1.82, 2.24) is 14.8 Å². The highest BCUT2D eigenvalue weighted by Crippen LogP contribution is 2.14. The second-order valence-electron chi connectivity index (χ2n) is 6.04. The van der Waals surface area contributed by atoms with E-state index in [1.54, 1.807) is 22.7 Å². The van der Waals surface area contributed by atoms with Gasteiger partial charge in [0.2, 0.25) is 0 Å². The smallest absolute Gasteiger partial charge is 0.295 e. The van der Waals surface area contributed by atoms with Gasteiger partial charge in [0.05, 0.1) is 24.7 Å². The van der Waals surface area contributed by atoms with Gasteiger partial charge in [-0.1, -0.05) is 30.3 Å². The van der Waals surface area contributed by atoms with Gasteiger partial charge in [-0.2, -0.15) is 5.10 Å². The first-order chi connectivity index (χ1) is 13.5. The van der Waals surface area contributed by atoms with Crippen LogP contribution in [0.2, 0.25) is 0 Å². The quantitative estimate of drug-likeness (QED) is 0.395. The van der Waals surface area contributed by atoms with Crippen molar-refractivity contribution in [2.75, 3.05) is 12.4 Å². The molecule has 2 aromatic carbocycles. The molecular formula is C20H21N5O2S. The number of nitrogens with one attached hydrogen (secondary N) is 2. The molecule has 1 aromatic heterocycles. The molecule has 1 heterocycles. The third-order valence-corrected chi connectivity index (χ3v) is 4.46. The fraction of sp³-hybridized carbons (Fsp3) is 0.150. The lowest BCUT2D eigenvalue weighted by molar-refractivity contribution is 0.415. The average Bonchev–Trinajstić information content (AvgIpc) is 2.92. The van der Waals surface area contributed by atoms with E-state index in [1.807, 2.05) is 68.6 Å². The number of aromatic nitrogens is 2. The summed E-state index contributed by atoms with van der Waals surface area (Å²) in [5.41, 5.74) is 5.34. The molecule has 0 radical (unpaired) electrons. The number of benzene rings is 2. The van der Waals surface area contributed by atoms with Gasteiger partial charge in [0, 0.05) is 7.05 Å². The van der Waals surface area contributed by atoms with Crippen LogP contribution in [0, 0.1) is 6.92 Å². The zero-order valence-corrected chi connectivity index (χ0v) is 16.7. The lowest BCUT2D eigenvalue weighted by Crippen LogP contribution is -2.28. The summed E-state index contributed by atoms with van der Waals surface area (Å²) < 4.78 is 8.54. The van der Waals surface area contributed by atoms with Gasteiger partial charge >= 0.3 is 0 Å². The van der Waals surface area contributed by atoms with Crippen LogP contribution >= 0.6 is 12.2 Å². The lowest BCUT2D eigenvalue weighted by Gasteiger charge is -2.07. The Morgan fingerprint density at radius 1 is 1.18 bits per heavy atom. The molecular weight excluding hydrogens is 374 g/mol. The molecule has 0 aliphatic rings. The van der Waals surface area contributed by atoms with Crippen molar-refractivity contribution in [3.63, 3.8) is 0 Å². The predicted octanol–water partition coefficient (Wildman–Crippen LogP) is 2.81. The maximum Gasteiger partial charge on any atom is 0.295 e. The molecule has 2 N–H and O–H groups in total. The summed E-state index contributed by atoms with van der Waals surface area (Å²) in [6.45, 7) is 1.85. The molecule has 0 atom stereocenters. The zero-order chi connectivity index (χ0) is 20.1. The Morgan fingerprint density at radius 3 is 2.64 bits per heavy atom. The number of ether oxygens (including phenoxy) is 1. The summed E-state index contributed by atoms with van der Waals surface area (Å²) in [5.74, 6) is 0.742. The van der Waals surface area contributed by atoms with Crippen molar-refractivity contribution in [3.8, 4) is 11.4 Å². The van der Waals surface area contributed by atoms with Crippen LogP contribution in [-0.4, -0.2) is 27.8 Å². The Hall–Kier alpha value is -3.39. The van der Waals surface area contributed by atoms with Crippen LogP contribution in [0.15, 0.2) is 64.5 Å². The third kappa shape index (κ3) is 4.12. The van der Waals surface area contributed by atoms with Crippen molar-refractivity contribution in [2.45, 2.75) is 6.92 Å². The fourth-order valence-corrected chi connectivity index (χ4v) is 2.90. The Labute approximate surface area is 168 Å². The molecule has 8 heteroatoms. The van der Waals surface area contributed by atoms with Crippen molar-refractivity contribution in [3.05, 3.63) is 76.2 Å². The van der Waals surface area contributed by atoms with E-state index in [-0.39, 0.29) is 10.7 Å². The van der Waals surface area contributed by atoms with Gasteiger partial charge in [-0.15, -0.1) is 0 Å². The highest BCUT2D eigenvalue weighted by atomic mass is 32.1. The van der Waals surface area contributed by atoms with E-state index >= 15 is 0 Å². The number of anilines is 1. The van der Waals surface area contributed by atoms with E-state index < -0.39 is 0 Å². The average molecular weight is 395 g/mol. The van der Waals surface area contributed by atoms with Crippen LogP contribution in [0.4, 0.5) is 5.69 Å². The summed E-state index contributed by atoms with van der Waals surface area (Å²) in [6.07, 6.45) is 1.62. The summed E-state index contributed by atoms with van der Waals surface area (Å²) >= 11 is 5.27. The van der Waals surface area contributed by atoms with Crippen molar-refractivity contribution >= 4 is 29.2 Å². The number of para-hydroxylation sites is 1. The van der Waals surface area contributed by atoms with E-state index in [4.69, 9.17) is 17.0 Å². The molecule has 0 amide bonds. The van der Waals surface area contributed by atoms with Gasteiger partial charge < -0.3 is 10.1 Å². The van der Waals surface area contributed by atoms with Crippen molar-refractivity contribution in [1.29, 1.82) is 0 Å². The monoisotopic (exact) mass is 395 g/mol. The predicted molar refractivity (Wildman–Crippen MR) is 116 cm³/mol. The standard InChI is InChI=1S/C20H21N5O2S/c1-14-18(19(26)25(24(14)2)16-9-5-4-6-10-16)22-20(28)23-21-13-15-8-7-11-17(12-15)27-3/h4-13H,1-3H3,(H2,22,23,28). The summed E-state index contributed by atoms with van der Waals surface area (Å²) in [7, 11) is 3.43. The molecule has 3 rings (SSSR count). The lowest BCUT2D eigenvalue weighted by atomic mass is 10.2. The van der Waals surface area contributed by atoms with E-state index in [0.29, 0.717) is 5.69 Å². The van der Waals surface area contributed by atoms with Crippen LogP contribution in [0.25, 0.3) is 5.69 Å². The Kier molecular flexibility index (Phi) is 5.90. The first kappa shape index (κ1) is 19.4. The fourth-order valence-electron chi connectivity index (χ4n) is 2.74. The Morgan fingerprint density at radius 2 is 1.93 bits per heavy atom. The molecule has 0 unspecified atom stereocenters.